The third-order valence-electron chi connectivity index (χ3n) is 3.62. The molecular weight excluding hydrogens is 310 g/mol. The Kier molecular flexibility index (Phi) is 9.37. The number of nitrogens with one attached hydrogen (secondary N) is 1. The van der Waals surface area contributed by atoms with Crippen LogP contribution in [0.5, 0.6) is 5.75 Å². The zero-order chi connectivity index (χ0) is 15.6. The van der Waals surface area contributed by atoms with Crippen molar-refractivity contribution in [2.75, 3.05) is 13.2 Å². The molecule has 2 rings (SSSR count). The van der Waals surface area contributed by atoms with Gasteiger partial charge in [0.05, 0.1) is 6.61 Å². The Labute approximate surface area is 145 Å². The summed E-state index contributed by atoms with van der Waals surface area (Å²) in [5, 5.41) is 12.4. The van der Waals surface area contributed by atoms with Gasteiger partial charge in [-0.25, -0.2) is 0 Å². The molecule has 0 spiro atoms. The molecule has 0 aromatic heterocycles. The summed E-state index contributed by atoms with van der Waals surface area (Å²) in [5.74, 6) is 0.797. The zero-order valence-corrected chi connectivity index (χ0v) is 14.4. The summed E-state index contributed by atoms with van der Waals surface area (Å²) in [5.41, 5.74) is 2.57. The van der Waals surface area contributed by atoms with Gasteiger partial charge in [0.1, 0.15) is 12.4 Å². The molecule has 0 amide bonds. The molecule has 3 nitrogen and oxygen atoms in total. The van der Waals surface area contributed by atoms with Crippen LogP contribution in [0.2, 0.25) is 0 Å². The van der Waals surface area contributed by atoms with Crippen LogP contribution in [0, 0.1) is 0 Å². The third kappa shape index (κ3) is 6.61. The van der Waals surface area contributed by atoms with Crippen LogP contribution >= 0.6 is 12.4 Å². The maximum Gasteiger partial charge on any atom is 0.119 e. The molecule has 0 fully saturated rings. The van der Waals surface area contributed by atoms with Crippen LogP contribution in [-0.4, -0.2) is 18.3 Å². The Bertz CT molecular complexity index is 531. The fraction of sp³-hybridized carbons (Fsp3) is 0.368. The van der Waals surface area contributed by atoms with Crippen molar-refractivity contribution >= 4 is 12.4 Å². The quantitative estimate of drug-likeness (QED) is 0.724. The van der Waals surface area contributed by atoms with Crippen LogP contribution in [0.3, 0.4) is 0 Å². The summed E-state index contributed by atoms with van der Waals surface area (Å²) in [6, 6.07) is 19.0. The molecule has 4 heteroatoms. The number of halogens is 1. The van der Waals surface area contributed by atoms with E-state index in [2.05, 4.69) is 54.7 Å². The summed E-state index contributed by atoms with van der Waals surface area (Å²) in [7, 11) is 0. The molecule has 0 radical (unpaired) electrons. The summed E-state index contributed by atoms with van der Waals surface area (Å²) in [4.78, 5) is 0. The van der Waals surface area contributed by atoms with E-state index in [4.69, 9.17) is 9.84 Å². The molecule has 23 heavy (non-hydrogen) atoms. The Balaban J connectivity index is 0.00000264. The highest BCUT2D eigenvalue weighted by atomic mass is 35.5. The monoisotopic (exact) mass is 335 g/mol. The van der Waals surface area contributed by atoms with Gasteiger partial charge in [-0.05, 0) is 29.7 Å². The first-order valence-corrected chi connectivity index (χ1v) is 7.94. The average molecular weight is 336 g/mol. The van der Waals surface area contributed by atoms with E-state index < -0.39 is 0 Å². The molecule has 2 N–H and O–H groups in total. The largest absolute Gasteiger partial charge is 0.491 e. The Hall–Kier alpha value is -1.55. The standard InChI is InChI=1S/C19H25NO2.ClH/c1-2-6-19(17-7-4-3-5-8-17)20-15-16-9-11-18(12-10-16)22-14-13-21;/h3-5,7-12,19-21H,2,6,13-15H2,1H3;1H. The number of aliphatic hydroxyl groups is 1. The second-order valence-corrected chi connectivity index (χ2v) is 5.35. The van der Waals surface area contributed by atoms with Crippen molar-refractivity contribution in [3.63, 3.8) is 0 Å². The topological polar surface area (TPSA) is 41.5 Å². The van der Waals surface area contributed by atoms with Gasteiger partial charge in [0.2, 0.25) is 0 Å². The average Bonchev–Trinajstić information content (AvgIpc) is 2.58. The van der Waals surface area contributed by atoms with Gasteiger partial charge in [-0.1, -0.05) is 55.8 Å². The van der Waals surface area contributed by atoms with E-state index in [0.29, 0.717) is 12.6 Å². The number of rotatable bonds is 9. The van der Waals surface area contributed by atoms with Crippen LogP contribution < -0.4 is 10.1 Å². The molecule has 0 heterocycles. The van der Waals surface area contributed by atoms with Crippen molar-refractivity contribution in [3.8, 4) is 5.75 Å². The number of ether oxygens (including phenoxy) is 1. The Morgan fingerprint density at radius 3 is 2.35 bits per heavy atom. The van der Waals surface area contributed by atoms with E-state index in [-0.39, 0.29) is 19.0 Å². The van der Waals surface area contributed by atoms with Crippen molar-refractivity contribution in [3.05, 3.63) is 65.7 Å². The van der Waals surface area contributed by atoms with Crippen LogP contribution in [0.25, 0.3) is 0 Å². The lowest BCUT2D eigenvalue weighted by molar-refractivity contribution is 0.201. The lowest BCUT2D eigenvalue weighted by Gasteiger charge is -2.19. The predicted molar refractivity (Wildman–Crippen MR) is 97.2 cm³/mol. The first-order valence-electron chi connectivity index (χ1n) is 7.94. The molecule has 0 aliphatic carbocycles. The Morgan fingerprint density at radius 2 is 1.74 bits per heavy atom. The molecule has 2 aromatic carbocycles. The van der Waals surface area contributed by atoms with Gasteiger partial charge in [-0.3, -0.25) is 0 Å². The molecule has 0 bridgehead atoms. The first kappa shape index (κ1) is 19.5. The first-order chi connectivity index (χ1) is 10.8. The van der Waals surface area contributed by atoms with Crippen LogP contribution in [-0.2, 0) is 6.54 Å². The van der Waals surface area contributed by atoms with Crippen molar-refractivity contribution < 1.29 is 9.84 Å². The maximum atomic E-state index is 8.75. The molecule has 0 aliphatic rings. The van der Waals surface area contributed by atoms with Gasteiger partial charge in [-0.2, -0.15) is 0 Å². The number of hydrogen-bond acceptors (Lipinski definition) is 3. The second-order valence-electron chi connectivity index (χ2n) is 5.35. The SMILES string of the molecule is CCCC(NCc1ccc(OCCO)cc1)c1ccccc1.Cl. The predicted octanol–water partition coefficient (Wildman–Crippen LogP) is 4.11. The molecule has 0 saturated heterocycles. The fourth-order valence-electron chi connectivity index (χ4n) is 2.47. The van der Waals surface area contributed by atoms with Crippen molar-refractivity contribution in [2.45, 2.75) is 32.4 Å². The van der Waals surface area contributed by atoms with Gasteiger partial charge in [0.15, 0.2) is 0 Å². The normalized spacial score (nSPS) is 11.6. The third-order valence-corrected chi connectivity index (χ3v) is 3.62. The van der Waals surface area contributed by atoms with Crippen LogP contribution in [0.15, 0.2) is 54.6 Å². The molecule has 0 saturated carbocycles. The van der Waals surface area contributed by atoms with Crippen molar-refractivity contribution in [1.82, 2.24) is 5.32 Å². The highest BCUT2D eigenvalue weighted by Crippen LogP contribution is 2.19. The van der Waals surface area contributed by atoms with Gasteiger partial charge in [0, 0.05) is 12.6 Å². The lowest BCUT2D eigenvalue weighted by atomic mass is 10.0. The van der Waals surface area contributed by atoms with E-state index in [9.17, 15) is 0 Å². The highest BCUT2D eigenvalue weighted by Gasteiger charge is 2.09. The van der Waals surface area contributed by atoms with Crippen molar-refractivity contribution in [2.24, 2.45) is 0 Å². The molecule has 2 aromatic rings. The molecular formula is C19H26ClNO2. The van der Waals surface area contributed by atoms with Gasteiger partial charge >= 0.3 is 0 Å². The molecule has 1 unspecified atom stereocenters. The number of aliphatic hydroxyl groups excluding tert-OH is 1. The summed E-state index contributed by atoms with van der Waals surface area (Å²) < 4.78 is 5.37. The minimum absolute atomic E-state index is 0. The molecule has 1 atom stereocenters. The highest BCUT2D eigenvalue weighted by molar-refractivity contribution is 5.85. The van der Waals surface area contributed by atoms with Gasteiger partial charge < -0.3 is 15.2 Å². The van der Waals surface area contributed by atoms with E-state index in [1.165, 1.54) is 11.1 Å². The van der Waals surface area contributed by atoms with E-state index in [0.717, 1.165) is 25.1 Å². The van der Waals surface area contributed by atoms with Crippen molar-refractivity contribution in [1.29, 1.82) is 0 Å². The van der Waals surface area contributed by atoms with Gasteiger partial charge in [0.25, 0.3) is 0 Å². The van der Waals surface area contributed by atoms with E-state index in [1.807, 2.05) is 12.1 Å². The second kappa shape index (κ2) is 11.1. The lowest BCUT2D eigenvalue weighted by Crippen LogP contribution is -2.20. The smallest absolute Gasteiger partial charge is 0.119 e. The van der Waals surface area contributed by atoms with Gasteiger partial charge in [-0.15, -0.1) is 12.4 Å². The molecule has 0 aliphatic heterocycles. The summed E-state index contributed by atoms with van der Waals surface area (Å²) in [6.45, 7) is 3.42. The maximum absolute atomic E-state index is 8.75. The minimum atomic E-state index is 0. The number of hydrogen-bond donors (Lipinski definition) is 2. The van der Waals surface area contributed by atoms with Crippen LogP contribution in [0.4, 0.5) is 0 Å². The zero-order valence-electron chi connectivity index (χ0n) is 13.6. The van der Waals surface area contributed by atoms with Crippen LogP contribution in [0.1, 0.15) is 36.9 Å². The molecule has 126 valence electrons. The summed E-state index contributed by atoms with van der Waals surface area (Å²) >= 11 is 0. The minimum Gasteiger partial charge on any atom is -0.491 e. The fourth-order valence-corrected chi connectivity index (χ4v) is 2.47. The Morgan fingerprint density at radius 1 is 1.04 bits per heavy atom. The van der Waals surface area contributed by atoms with E-state index >= 15 is 0 Å². The summed E-state index contributed by atoms with van der Waals surface area (Å²) in [6.07, 6.45) is 2.28. The van der Waals surface area contributed by atoms with E-state index in [1.54, 1.807) is 0 Å². The number of benzene rings is 2.